The maximum atomic E-state index is 13.1. The van der Waals surface area contributed by atoms with Gasteiger partial charge in [-0.15, -0.1) is 0 Å². The van der Waals surface area contributed by atoms with E-state index >= 15 is 0 Å². The van der Waals surface area contributed by atoms with Crippen LogP contribution in [0.2, 0.25) is 0 Å². The number of ether oxygens (including phenoxy) is 4. The summed E-state index contributed by atoms with van der Waals surface area (Å²) in [5.74, 6) is 1.02. The third kappa shape index (κ3) is 74.9. The Morgan fingerprint density at radius 2 is 0.471 bits per heavy atom. The van der Waals surface area contributed by atoms with Gasteiger partial charge in [0.2, 0.25) is 0 Å². The van der Waals surface area contributed by atoms with Gasteiger partial charge in [-0.2, -0.15) is 0 Å². The average molecular weight is 1490 g/mol. The first-order valence-electron chi connectivity index (χ1n) is 42.7. The standard InChI is InChI=1S/C83H162O17P2/c1-9-76(8)62-54-46-38-30-23-19-14-12-10-11-13-15-20-24-32-40-49-57-65-82(87)99-78(69-93-80(85)63-55-47-39-31-27-26-29-36-44-52-60-74(4)5)71-97-101(89,90)95-67-77(84)68-96-102(91,92)98-72-79(70-94-81(86)64-56-48-42-34-37-45-53-61-75(6)7)100-83(88)66-58-50-41-33-25-21-17-16-18-22-28-35-43-51-59-73(2)3/h73-79,84H,9-72H2,1-8H3,(H,89,90)(H,91,92)/t76?,77?,78-,79-/m1/s1. The van der Waals surface area contributed by atoms with Gasteiger partial charge in [0.25, 0.3) is 0 Å². The first-order chi connectivity index (χ1) is 49.1. The highest BCUT2D eigenvalue weighted by atomic mass is 31.2. The average Bonchev–Trinajstić information content (AvgIpc) is 0.923. The van der Waals surface area contributed by atoms with Crippen molar-refractivity contribution in [1.82, 2.24) is 0 Å². The van der Waals surface area contributed by atoms with Crippen LogP contribution in [0.25, 0.3) is 0 Å². The highest BCUT2D eigenvalue weighted by Crippen LogP contribution is 2.45. The molecule has 0 radical (unpaired) electrons. The highest BCUT2D eigenvalue weighted by Gasteiger charge is 2.30. The van der Waals surface area contributed by atoms with Gasteiger partial charge in [-0.05, 0) is 49.4 Å². The molecule has 0 saturated carbocycles. The first kappa shape index (κ1) is 100. The molecule has 0 aromatic carbocycles. The van der Waals surface area contributed by atoms with Crippen LogP contribution in [0, 0.1) is 23.7 Å². The minimum Gasteiger partial charge on any atom is -0.462 e. The summed E-state index contributed by atoms with van der Waals surface area (Å²) in [5, 5.41) is 10.7. The van der Waals surface area contributed by atoms with Gasteiger partial charge in [-0.1, -0.05) is 376 Å². The number of hydrogen-bond acceptors (Lipinski definition) is 15. The molecule has 0 aromatic rings. The second-order valence-corrected chi connectivity index (χ2v) is 34.4. The molecule has 19 heteroatoms. The van der Waals surface area contributed by atoms with Crippen molar-refractivity contribution in [1.29, 1.82) is 0 Å². The predicted octanol–water partition coefficient (Wildman–Crippen LogP) is 24.8. The van der Waals surface area contributed by atoms with Crippen LogP contribution in [-0.4, -0.2) is 96.7 Å². The van der Waals surface area contributed by atoms with Gasteiger partial charge in [0.05, 0.1) is 26.4 Å². The van der Waals surface area contributed by atoms with Crippen molar-refractivity contribution in [3.63, 3.8) is 0 Å². The van der Waals surface area contributed by atoms with Crippen LogP contribution in [0.4, 0.5) is 0 Å². The van der Waals surface area contributed by atoms with Gasteiger partial charge in [0.15, 0.2) is 12.2 Å². The molecule has 0 heterocycles. The van der Waals surface area contributed by atoms with Crippen LogP contribution in [0.1, 0.15) is 428 Å². The third-order valence-electron chi connectivity index (χ3n) is 19.7. The van der Waals surface area contributed by atoms with Crippen LogP contribution in [0.15, 0.2) is 0 Å². The summed E-state index contributed by atoms with van der Waals surface area (Å²) in [4.78, 5) is 73.1. The second kappa shape index (κ2) is 72.0. The maximum Gasteiger partial charge on any atom is 0.472 e. The summed E-state index contributed by atoms with van der Waals surface area (Å²) in [5.41, 5.74) is 0. The summed E-state index contributed by atoms with van der Waals surface area (Å²) in [6, 6.07) is 0. The Balaban J connectivity index is 5.20. The van der Waals surface area contributed by atoms with E-state index in [4.69, 9.17) is 37.0 Å². The Kier molecular flexibility index (Phi) is 70.6. The molecule has 0 aliphatic rings. The quantitative estimate of drug-likeness (QED) is 0.0222. The zero-order chi connectivity index (χ0) is 75.3. The van der Waals surface area contributed by atoms with E-state index in [9.17, 15) is 43.2 Å². The highest BCUT2D eigenvalue weighted by molar-refractivity contribution is 7.47. The molecule has 4 unspecified atom stereocenters. The summed E-state index contributed by atoms with van der Waals surface area (Å²) < 4.78 is 68.8. The normalized spacial score (nSPS) is 14.3. The zero-order valence-corrected chi connectivity index (χ0v) is 69.0. The Hall–Kier alpha value is -1.94. The molecule has 606 valence electrons. The molecule has 6 atom stereocenters. The lowest BCUT2D eigenvalue weighted by Gasteiger charge is -2.21. The number of aliphatic hydroxyl groups excluding tert-OH is 1. The fourth-order valence-corrected chi connectivity index (χ4v) is 14.3. The van der Waals surface area contributed by atoms with Crippen LogP contribution in [0.5, 0.6) is 0 Å². The van der Waals surface area contributed by atoms with Crippen LogP contribution in [-0.2, 0) is 65.4 Å². The summed E-state index contributed by atoms with van der Waals surface area (Å²) in [6.45, 7) is 14.3. The summed E-state index contributed by atoms with van der Waals surface area (Å²) >= 11 is 0. The van der Waals surface area contributed by atoms with E-state index in [2.05, 4.69) is 55.4 Å². The summed E-state index contributed by atoms with van der Waals surface area (Å²) in [7, 11) is -9.92. The van der Waals surface area contributed by atoms with E-state index < -0.39 is 97.5 Å². The smallest absolute Gasteiger partial charge is 0.462 e. The molecule has 0 rings (SSSR count). The number of carbonyl (C=O) groups excluding carboxylic acids is 4. The van der Waals surface area contributed by atoms with Gasteiger partial charge in [-0.25, -0.2) is 9.13 Å². The van der Waals surface area contributed by atoms with Crippen molar-refractivity contribution in [2.45, 2.75) is 446 Å². The van der Waals surface area contributed by atoms with E-state index in [1.54, 1.807) is 0 Å². The Bertz CT molecular complexity index is 1990. The van der Waals surface area contributed by atoms with Crippen molar-refractivity contribution in [2.75, 3.05) is 39.6 Å². The Labute approximate surface area is 626 Å². The van der Waals surface area contributed by atoms with E-state index in [1.807, 2.05) is 0 Å². The van der Waals surface area contributed by atoms with Crippen LogP contribution >= 0.6 is 15.6 Å². The number of unbranched alkanes of at least 4 members (excludes halogenated alkanes) is 45. The maximum absolute atomic E-state index is 13.1. The predicted molar refractivity (Wildman–Crippen MR) is 418 cm³/mol. The topological polar surface area (TPSA) is 237 Å². The van der Waals surface area contributed by atoms with Crippen molar-refractivity contribution >= 4 is 39.5 Å². The number of rotatable bonds is 80. The molecule has 0 aliphatic heterocycles. The van der Waals surface area contributed by atoms with Gasteiger partial charge in [0.1, 0.15) is 19.3 Å². The van der Waals surface area contributed by atoms with Crippen LogP contribution < -0.4 is 0 Å². The number of phosphoric acid groups is 2. The molecular formula is C83H162O17P2. The molecular weight excluding hydrogens is 1330 g/mol. The third-order valence-corrected chi connectivity index (χ3v) is 21.6. The molecule has 0 aliphatic carbocycles. The lowest BCUT2D eigenvalue weighted by Crippen LogP contribution is -2.30. The fourth-order valence-electron chi connectivity index (χ4n) is 12.8. The van der Waals surface area contributed by atoms with Gasteiger partial charge in [-0.3, -0.25) is 37.3 Å². The number of carbonyl (C=O) groups is 4. The summed E-state index contributed by atoms with van der Waals surface area (Å²) in [6.07, 6.45) is 59.8. The molecule has 0 aromatic heterocycles. The van der Waals surface area contributed by atoms with Gasteiger partial charge >= 0.3 is 39.5 Å². The van der Waals surface area contributed by atoms with Crippen LogP contribution in [0.3, 0.4) is 0 Å². The second-order valence-electron chi connectivity index (χ2n) is 31.5. The molecule has 17 nitrogen and oxygen atoms in total. The van der Waals surface area contributed by atoms with Crippen molar-refractivity contribution in [2.24, 2.45) is 23.7 Å². The number of aliphatic hydroxyl groups is 1. The molecule has 0 saturated heterocycles. The largest absolute Gasteiger partial charge is 0.472 e. The monoisotopic (exact) mass is 1490 g/mol. The Morgan fingerprint density at radius 3 is 0.696 bits per heavy atom. The Morgan fingerprint density at radius 1 is 0.275 bits per heavy atom. The van der Waals surface area contributed by atoms with E-state index in [0.29, 0.717) is 31.6 Å². The van der Waals surface area contributed by atoms with E-state index in [0.717, 1.165) is 114 Å². The number of phosphoric ester groups is 2. The fraction of sp³-hybridized carbons (Fsp3) is 0.952. The van der Waals surface area contributed by atoms with Crippen molar-refractivity contribution in [3.05, 3.63) is 0 Å². The van der Waals surface area contributed by atoms with Crippen molar-refractivity contribution in [3.8, 4) is 0 Å². The van der Waals surface area contributed by atoms with Gasteiger partial charge in [0, 0.05) is 25.7 Å². The van der Waals surface area contributed by atoms with Gasteiger partial charge < -0.3 is 33.8 Å². The zero-order valence-electron chi connectivity index (χ0n) is 67.2. The number of esters is 4. The molecule has 102 heavy (non-hydrogen) atoms. The molecule has 0 bridgehead atoms. The number of hydrogen-bond donors (Lipinski definition) is 3. The minimum atomic E-state index is -4.96. The molecule has 3 N–H and O–H groups in total. The van der Waals surface area contributed by atoms with Crippen molar-refractivity contribution < 1.29 is 80.2 Å². The minimum absolute atomic E-state index is 0.106. The SMILES string of the molecule is CCC(C)CCCCCCCCCCCCCCCCCCCCC(=O)O[C@H](COC(=O)CCCCCCCCCCCCC(C)C)COP(=O)(O)OCC(O)COP(=O)(O)OC[C@@H](COC(=O)CCCCCCCCCC(C)C)OC(=O)CCCCCCCCCCCCCCCCC(C)C. The lowest BCUT2D eigenvalue weighted by molar-refractivity contribution is -0.161. The molecule has 0 amide bonds. The lowest BCUT2D eigenvalue weighted by atomic mass is 9.99. The van der Waals surface area contributed by atoms with E-state index in [1.165, 1.54) is 225 Å². The molecule has 0 fully saturated rings. The van der Waals surface area contributed by atoms with E-state index in [-0.39, 0.29) is 25.7 Å². The molecule has 0 spiro atoms. The first-order valence-corrected chi connectivity index (χ1v) is 45.7.